The maximum absolute atomic E-state index is 12.6. The fraction of sp³-hybridized carbons (Fsp3) is 0.143. The highest BCUT2D eigenvalue weighted by Gasteiger charge is 2.56. The van der Waals surface area contributed by atoms with Crippen LogP contribution in [0.2, 0.25) is 0 Å². The van der Waals surface area contributed by atoms with Crippen LogP contribution in [-0.4, -0.2) is 18.9 Å². The molecule has 1 aromatic heterocycles. The Hall–Kier alpha value is -2.56. The van der Waals surface area contributed by atoms with Gasteiger partial charge in [0.15, 0.2) is 0 Å². The first-order chi connectivity index (χ1) is 9.20. The predicted molar refractivity (Wildman–Crippen MR) is 66.8 cm³/mol. The Morgan fingerprint density at radius 2 is 2.05 bits per heavy atom. The van der Waals surface area contributed by atoms with Crippen LogP contribution in [-0.2, 0) is 15.1 Å². The van der Waals surface area contributed by atoms with Crippen molar-refractivity contribution in [3.63, 3.8) is 0 Å². The summed E-state index contributed by atoms with van der Waals surface area (Å²) >= 11 is 0. The average molecular weight is 257 g/mol. The molecule has 0 fully saturated rings. The average Bonchev–Trinajstić information content (AvgIpc) is 3.06. The Morgan fingerprint density at radius 1 is 1.26 bits per heavy atom. The van der Waals surface area contributed by atoms with Crippen molar-refractivity contribution in [2.45, 2.75) is 5.54 Å². The van der Waals surface area contributed by atoms with Crippen molar-refractivity contribution in [2.24, 2.45) is 0 Å². The van der Waals surface area contributed by atoms with E-state index in [0.29, 0.717) is 11.3 Å². The number of anilines is 1. The molecule has 96 valence electrons. The van der Waals surface area contributed by atoms with Gasteiger partial charge in [-0.1, -0.05) is 12.1 Å². The summed E-state index contributed by atoms with van der Waals surface area (Å²) in [5.41, 5.74) is -0.583. The highest BCUT2D eigenvalue weighted by molar-refractivity contribution is 6.24. The van der Waals surface area contributed by atoms with Crippen molar-refractivity contribution in [3.05, 3.63) is 54.0 Å². The number of nitrogens with one attached hydrogen (secondary N) is 1. The van der Waals surface area contributed by atoms with Gasteiger partial charge in [0, 0.05) is 11.3 Å². The first-order valence-corrected chi connectivity index (χ1v) is 5.74. The van der Waals surface area contributed by atoms with E-state index < -0.39 is 11.5 Å². The lowest BCUT2D eigenvalue weighted by atomic mass is 9.91. The Balaban J connectivity index is 2.20. The van der Waals surface area contributed by atoms with Gasteiger partial charge in [-0.2, -0.15) is 0 Å². The molecule has 1 aliphatic heterocycles. The molecule has 1 unspecified atom stereocenters. The van der Waals surface area contributed by atoms with Crippen LogP contribution in [0.3, 0.4) is 0 Å². The maximum Gasteiger partial charge on any atom is 0.347 e. The molecule has 0 aliphatic carbocycles. The van der Waals surface area contributed by atoms with E-state index in [9.17, 15) is 9.59 Å². The highest BCUT2D eigenvalue weighted by Crippen LogP contribution is 2.40. The number of benzene rings is 1. The van der Waals surface area contributed by atoms with E-state index in [-0.39, 0.29) is 11.5 Å². The molecule has 1 N–H and O–H groups in total. The summed E-state index contributed by atoms with van der Waals surface area (Å²) < 4.78 is 10.0. The van der Waals surface area contributed by atoms with Gasteiger partial charge in [0.2, 0.25) is 5.78 Å². The highest BCUT2D eigenvalue weighted by atomic mass is 16.5. The normalized spacial score (nSPS) is 20.8. The number of methoxy groups -OCH3 is 1. The van der Waals surface area contributed by atoms with Crippen LogP contribution in [0.1, 0.15) is 16.1 Å². The van der Waals surface area contributed by atoms with Crippen LogP contribution in [0.5, 0.6) is 0 Å². The summed E-state index contributed by atoms with van der Waals surface area (Å²) in [6.45, 7) is 0. The van der Waals surface area contributed by atoms with E-state index in [2.05, 4.69) is 5.32 Å². The number of carbonyl (C=O) groups excluding carboxylic acids is 2. The molecule has 19 heavy (non-hydrogen) atoms. The molecule has 0 spiro atoms. The first-order valence-electron chi connectivity index (χ1n) is 5.74. The molecule has 1 aromatic carbocycles. The molecule has 0 saturated heterocycles. The zero-order valence-electron chi connectivity index (χ0n) is 10.2. The third kappa shape index (κ3) is 1.41. The molecule has 0 radical (unpaired) electrons. The van der Waals surface area contributed by atoms with Crippen LogP contribution in [0, 0.1) is 0 Å². The molecule has 0 saturated carbocycles. The number of fused-ring (bicyclic) bond motifs is 1. The van der Waals surface area contributed by atoms with Crippen molar-refractivity contribution >= 4 is 17.4 Å². The molecule has 2 heterocycles. The number of carbonyl (C=O) groups is 2. The maximum atomic E-state index is 12.6. The number of furan rings is 1. The second kappa shape index (κ2) is 3.98. The minimum absolute atomic E-state index is 0.223. The topological polar surface area (TPSA) is 68.5 Å². The van der Waals surface area contributed by atoms with Crippen molar-refractivity contribution in [3.8, 4) is 0 Å². The van der Waals surface area contributed by atoms with Gasteiger partial charge in [0.1, 0.15) is 5.76 Å². The lowest BCUT2D eigenvalue weighted by Gasteiger charge is -2.22. The van der Waals surface area contributed by atoms with Gasteiger partial charge in [-0.05, 0) is 24.3 Å². The van der Waals surface area contributed by atoms with Gasteiger partial charge >= 0.3 is 5.97 Å². The molecule has 5 heteroatoms. The number of Topliss-reactive ketones (excluding diaryl/α,β-unsaturated/α-hetero) is 1. The van der Waals surface area contributed by atoms with E-state index >= 15 is 0 Å². The number of rotatable bonds is 2. The van der Waals surface area contributed by atoms with Gasteiger partial charge in [-0.3, -0.25) is 4.79 Å². The number of para-hydroxylation sites is 1. The van der Waals surface area contributed by atoms with Gasteiger partial charge in [0.05, 0.1) is 13.4 Å². The third-order valence-corrected chi connectivity index (χ3v) is 3.22. The summed E-state index contributed by atoms with van der Waals surface area (Å²) in [5.74, 6) is -0.839. The molecule has 2 aromatic rings. The first kappa shape index (κ1) is 11.5. The van der Waals surface area contributed by atoms with Crippen molar-refractivity contribution in [1.82, 2.24) is 0 Å². The fourth-order valence-corrected chi connectivity index (χ4v) is 2.31. The zero-order chi connectivity index (χ0) is 13.5. The molecular weight excluding hydrogens is 246 g/mol. The molecular formula is C14H11NO4. The smallest absolute Gasteiger partial charge is 0.347 e. The lowest BCUT2D eigenvalue weighted by Crippen LogP contribution is -2.47. The van der Waals surface area contributed by atoms with E-state index in [1.54, 1.807) is 36.4 Å². The van der Waals surface area contributed by atoms with E-state index in [4.69, 9.17) is 9.15 Å². The van der Waals surface area contributed by atoms with Crippen molar-refractivity contribution in [1.29, 1.82) is 0 Å². The number of ether oxygens (including phenoxy) is 1. The molecule has 1 atom stereocenters. The summed E-state index contributed by atoms with van der Waals surface area (Å²) in [7, 11) is 1.24. The van der Waals surface area contributed by atoms with E-state index in [0.717, 1.165) is 0 Å². The van der Waals surface area contributed by atoms with Crippen LogP contribution in [0.4, 0.5) is 5.69 Å². The Kier molecular flexibility index (Phi) is 2.41. The van der Waals surface area contributed by atoms with Gasteiger partial charge in [-0.15, -0.1) is 0 Å². The Morgan fingerprint density at radius 3 is 2.68 bits per heavy atom. The number of hydrogen-bond acceptors (Lipinski definition) is 5. The molecule has 1 aliphatic rings. The summed E-state index contributed by atoms with van der Waals surface area (Å²) in [6.07, 6.45) is 1.41. The standard InChI is InChI=1S/C14H11NO4/c1-18-13(17)14(11-7-4-8-19-11)12(16)9-5-2-3-6-10(9)15-14/h2-8,15H,1H3. The lowest BCUT2D eigenvalue weighted by molar-refractivity contribution is -0.144. The minimum atomic E-state index is -1.62. The van der Waals surface area contributed by atoms with Gasteiger partial charge in [-0.25, -0.2) is 4.79 Å². The molecule has 5 nitrogen and oxygen atoms in total. The molecule has 0 amide bonds. The summed E-state index contributed by atoms with van der Waals surface area (Å²) in [6, 6.07) is 10.1. The zero-order valence-corrected chi connectivity index (χ0v) is 10.2. The Labute approximate surface area is 109 Å². The summed E-state index contributed by atoms with van der Waals surface area (Å²) in [4.78, 5) is 24.7. The summed E-state index contributed by atoms with van der Waals surface area (Å²) in [5, 5.41) is 2.93. The second-order valence-corrected chi connectivity index (χ2v) is 4.22. The number of esters is 1. The Bertz CT molecular complexity index is 647. The molecule has 0 bridgehead atoms. The van der Waals surface area contributed by atoms with Crippen LogP contribution in [0.15, 0.2) is 47.1 Å². The van der Waals surface area contributed by atoms with Gasteiger partial charge < -0.3 is 14.5 Å². The van der Waals surface area contributed by atoms with Crippen molar-refractivity contribution < 1.29 is 18.7 Å². The quantitative estimate of drug-likeness (QED) is 0.658. The van der Waals surface area contributed by atoms with Crippen molar-refractivity contribution in [2.75, 3.05) is 12.4 Å². The van der Waals surface area contributed by atoms with E-state index in [1.807, 2.05) is 0 Å². The van der Waals surface area contributed by atoms with Gasteiger partial charge in [0.25, 0.3) is 5.54 Å². The predicted octanol–water partition coefficient (Wildman–Crippen LogP) is 1.96. The number of hydrogen-bond donors (Lipinski definition) is 1. The second-order valence-electron chi connectivity index (χ2n) is 4.22. The third-order valence-electron chi connectivity index (χ3n) is 3.22. The van der Waals surface area contributed by atoms with E-state index in [1.165, 1.54) is 13.4 Å². The fourth-order valence-electron chi connectivity index (χ4n) is 2.31. The van der Waals surface area contributed by atoms with Crippen LogP contribution in [0.25, 0.3) is 0 Å². The van der Waals surface area contributed by atoms with Crippen LogP contribution < -0.4 is 5.32 Å². The largest absolute Gasteiger partial charge is 0.467 e. The number of ketones is 1. The van der Waals surface area contributed by atoms with Crippen LogP contribution >= 0.6 is 0 Å². The molecule has 3 rings (SSSR count). The SMILES string of the molecule is COC(=O)C1(c2ccco2)Nc2ccccc2C1=O. The minimum Gasteiger partial charge on any atom is -0.467 e. The monoisotopic (exact) mass is 257 g/mol.